The summed E-state index contributed by atoms with van der Waals surface area (Å²) in [5, 5.41) is 6.52. The summed E-state index contributed by atoms with van der Waals surface area (Å²) in [7, 11) is -1.46. The molecule has 0 atom stereocenters. The average Bonchev–Trinajstić information content (AvgIpc) is 2.66. The molecule has 1 aromatic carbocycles. The molecular formula is C20H33N3O4S. The first-order valence-corrected chi connectivity index (χ1v) is 11.7. The zero-order chi connectivity index (χ0) is 20.4. The zero-order valence-corrected chi connectivity index (χ0v) is 18.0. The molecule has 2 rings (SSSR count). The van der Waals surface area contributed by atoms with Crippen molar-refractivity contribution in [2.75, 3.05) is 46.3 Å². The van der Waals surface area contributed by atoms with Gasteiger partial charge in [0.1, 0.15) is 0 Å². The van der Waals surface area contributed by atoms with E-state index in [4.69, 9.17) is 9.47 Å². The van der Waals surface area contributed by atoms with Crippen LogP contribution in [0.15, 0.2) is 28.1 Å². The highest BCUT2D eigenvalue weighted by Gasteiger charge is 2.13. The smallest absolute Gasteiger partial charge is 0.191 e. The van der Waals surface area contributed by atoms with E-state index in [9.17, 15) is 8.42 Å². The normalized spacial score (nSPS) is 16.2. The highest BCUT2D eigenvalue weighted by atomic mass is 32.2. The Morgan fingerprint density at radius 1 is 1.29 bits per heavy atom. The van der Waals surface area contributed by atoms with Crippen LogP contribution in [0.4, 0.5) is 0 Å². The van der Waals surface area contributed by atoms with Gasteiger partial charge in [-0.1, -0.05) is 12.1 Å². The third-order valence-electron chi connectivity index (χ3n) is 4.77. The van der Waals surface area contributed by atoms with E-state index in [1.54, 1.807) is 13.1 Å². The molecule has 0 aromatic heterocycles. The van der Waals surface area contributed by atoms with Crippen LogP contribution < -0.4 is 10.6 Å². The van der Waals surface area contributed by atoms with E-state index in [0.29, 0.717) is 23.3 Å². The minimum atomic E-state index is -3.19. The van der Waals surface area contributed by atoms with Crippen molar-refractivity contribution in [2.24, 2.45) is 10.9 Å². The maximum Gasteiger partial charge on any atom is 0.191 e. The van der Waals surface area contributed by atoms with Gasteiger partial charge in [-0.05, 0) is 49.3 Å². The van der Waals surface area contributed by atoms with Crippen molar-refractivity contribution < 1.29 is 17.9 Å². The third-order valence-corrected chi connectivity index (χ3v) is 6.03. The van der Waals surface area contributed by atoms with Crippen molar-refractivity contribution in [3.63, 3.8) is 0 Å². The number of aryl methyl sites for hydroxylation is 1. The minimum absolute atomic E-state index is 0.375. The SMILES string of the molecule is CN=C(NCCCOCC1CCOCC1)NCc1ccc(S(C)(=O)=O)c(C)c1. The molecule has 0 saturated carbocycles. The first-order valence-electron chi connectivity index (χ1n) is 9.79. The summed E-state index contributed by atoms with van der Waals surface area (Å²) in [5.74, 6) is 1.35. The third kappa shape index (κ3) is 7.77. The molecule has 0 amide bonds. The number of guanidine groups is 1. The minimum Gasteiger partial charge on any atom is -0.381 e. The molecule has 1 heterocycles. The fraction of sp³-hybridized carbons (Fsp3) is 0.650. The molecule has 8 heteroatoms. The molecule has 0 spiro atoms. The predicted molar refractivity (Wildman–Crippen MR) is 111 cm³/mol. The van der Waals surface area contributed by atoms with Crippen molar-refractivity contribution in [1.29, 1.82) is 0 Å². The van der Waals surface area contributed by atoms with Crippen molar-refractivity contribution in [2.45, 2.75) is 37.6 Å². The van der Waals surface area contributed by atoms with Crippen molar-refractivity contribution in [3.8, 4) is 0 Å². The van der Waals surface area contributed by atoms with Crippen LogP contribution in [0.2, 0.25) is 0 Å². The molecular weight excluding hydrogens is 378 g/mol. The van der Waals surface area contributed by atoms with Gasteiger partial charge in [0.15, 0.2) is 15.8 Å². The van der Waals surface area contributed by atoms with Gasteiger partial charge < -0.3 is 20.1 Å². The molecule has 1 aliphatic heterocycles. The Morgan fingerprint density at radius 2 is 2.04 bits per heavy atom. The molecule has 1 saturated heterocycles. The predicted octanol–water partition coefficient (Wildman–Crippen LogP) is 1.90. The van der Waals surface area contributed by atoms with Gasteiger partial charge in [0, 0.05) is 52.8 Å². The summed E-state index contributed by atoms with van der Waals surface area (Å²) in [6, 6.07) is 5.38. The number of benzene rings is 1. The van der Waals surface area contributed by atoms with Crippen LogP contribution >= 0.6 is 0 Å². The van der Waals surface area contributed by atoms with Gasteiger partial charge in [0.05, 0.1) is 4.90 Å². The standard InChI is InChI=1S/C20H33N3O4S/c1-16-13-18(5-6-19(16)28(3,24)25)14-23-20(21-2)22-9-4-10-27-15-17-7-11-26-12-8-17/h5-6,13,17H,4,7-12,14-15H2,1-3H3,(H2,21,22,23). The molecule has 1 aliphatic rings. The van der Waals surface area contributed by atoms with Gasteiger partial charge in [0.2, 0.25) is 0 Å². The topological polar surface area (TPSA) is 89.0 Å². The first kappa shape index (κ1) is 22.6. The zero-order valence-electron chi connectivity index (χ0n) is 17.2. The van der Waals surface area contributed by atoms with E-state index < -0.39 is 9.84 Å². The molecule has 1 fully saturated rings. The van der Waals surface area contributed by atoms with Crippen LogP contribution in [-0.4, -0.2) is 60.7 Å². The van der Waals surface area contributed by atoms with Crippen LogP contribution in [0.1, 0.15) is 30.4 Å². The molecule has 0 aliphatic carbocycles. The van der Waals surface area contributed by atoms with Crippen molar-refractivity contribution in [1.82, 2.24) is 10.6 Å². The second kappa shape index (κ2) is 11.4. The Hall–Kier alpha value is -1.64. The van der Waals surface area contributed by atoms with Crippen LogP contribution in [0.5, 0.6) is 0 Å². The lowest BCUT2D eigenvalue weighted by Gasteiger charge is -2.21. The second-order valence-electron chi connectivity index (χ2n) is 7.21. The van der Waals surface area contributed by atoms with Crippen molar-refractivity contribution in [3.05, 3.63) is 29.3 Å². The first-order chi connectivity index (χ1) is 13.4. The van der Waals surface area contributed by atoms with Crippen LogP contribution in [0.3, 0.4) is 0 Å². The molecule has 28 heavy (non-hydrogen) atoms. The quantitative estimate of drug-likeness (QED) is 0.367. The van der Waals surface area contributed by atoms with Crippen molar-refractivity contribution >= 4 is 15.8 Å². The van der Waals surface area contributed by atoms with E-state index in [1.165, 1.54) is 6.26 Å². The highest BCUT2D eigenvalue weighted by Crippen LogP contribution is 2.16. The fourth-order valence-corrected chi connectivity index (χ4v) is 4.15. The monoisotopic (exact) mass is 411 g/mol. The Morgan fingerprint density at radius 3 is 2.68 bits per heavy atom. The number of sulfone groups is 1. The molecule has 7 nitrogen and oxygen atoms in total. The summed E-state index contributed by atoms with van der Waals surface area (Å²) in [6.45, 7) is 6.42. The van der Waals surface area contributed by atoms with E-state index in [0.717, 1.165) is 63.4 Å². The number of nitrogens with one attached hydrogen (secondary N) is 2. The van der Waals surface area contributed by atoms with Crippen LogP contribution in [0.25, 0.3) is 0 Å². The average molecular weight is 412 g/mol. The highest BCUT2D eigenvalue weighted by molar-refractivity contribution is 7.90. The Labute approximate surface area is 168 Å². The largest absolute Gasteiger partial charge is 0.381 e. The van der Waals surface area contributed by atoms with Gasteiger partial charge in [-0.2, -0.15) is 0 Å². The maximum atomic E-state index is 11.7. The van der Waals surface area contributed by atoms with E-state index in [-0.39, 0.29) is 0 Å². The Kier molecular flexibility index (Phi) is 9.21. The van der Waals surface area contributed by atoms with E-state index in [1.807, 2.05) is 19.1 Å². The number of ether oxygens (including phenoxy) is 2. The van der Waals surface area contributed by atoms with E-state index in [2.05, 4.69) is 15.6 Å². The molecule has 158 valence electrons. The maximum absolute atomic E-state index is 11.7. The van der Waals surface area contributed by atoms with Gasteiger partial charge >= 0.3 is 0 Å². The Balaban J connectivity index is 1.65. The molecule has 0 unspecified atom stereocenters. The van der Waals surface area contributed by atoms with Gasteiger partial charge in [0.25, 0.3) is 0 Å². The molecule has 0 radical (unpaired) electrons. The van der Waals surface area contributed by atoms with Gasteiger partial charge in [-0.15, -0.1) is 0 Å². The molecule has 0 bridgehead atoms. The lowest BCUT2D eigenvalue weighted by molar-refractivity contribution is 0.0203. The number of nitrogens with zero attached hydrogens (tertiary/aromatic N) is 1. The van der Waals surface area contributed by atoms with Crippen LogP contribution in [-0.2, 0) is 25.9 Å². The fourth-order valence-electron chi connectivity index (χ4n) is 3.19. The van der Waals surface area contributed by atoms with Crippen LogP contribution in [0, 0.1) is 12.8 Å². The van der Waals surface area contributed by atoms with Gasteiger partial charge in [-0.3, -0.25) is 4.99 Å². The Bertz CT molecular complexity index is 744. The summed E-state index contributed by atoms with van der Waals surface area (Å²) >= 11 is 0. The molecule has 1 aromatic rings. The van der Waals surface area contributed by atoms with E-state index >= 15 is 0 Å². The van der Waals surface area contributed by atoms with Gasteiger partial charge in [-0.25, -0.2) is 8.42 Å². The number of rotatable bonds is 9. The summed E-state index contributed by atoms with van der Waals surface area (Å²) < 4.78 is 34.5. The lowest BCUT2D eigenvalue weighted by Crippen LogP contribution is -2.37. The lowest BCUT2D eigenvalue weighted by atomic mass is 10.0. The second-order valence-corrected chi connectivity index (χ2v) is 9.19. The number of hydrogen-bond donors (Lipinski definition) is 2. The molecule has 2 N–H and O–H groups in total. The number of hydrogen-bond acceptors (Lipinski definition) is 5. The summed E-state index contributed by atoms with van der Waals surface area (Å²) in [5.41, 5.74) is 1.76. The number of aliphatic imine (C=N–C) groups is 1. The summed E-state index contributed by atoms with van der Waals surface area (Å²) in [6.07, 6.45) is 4.33. The summed E-state index contributed by atoms with van der Waals surface area (Å²) in [4.78, 5) is 4.59.